The van der Waals surface area contributed by atoms with Gasteiger partial charge in [-0.2, -0.15) is 0 Å². The van der Waals surface area contributed by atoms with Gasteiger partial charge in [0.25, 0.3) is 0 Å². The molecule has 5 nitrogen and oxygen atoms in total. The number of amides is 1. The van der Waals surface area contributed by atoms with E-state index in [1.165, 1.54) is 5.56 Å². The summed E-state index contributed by atoms with van der Waals surface area (Å²) in [5.41, 5.74) is 4.42. The van der Waals surface area contributed by atoms with Crippen LogP contribution in [0.2, 0.25) is 0 Å². The Hall–Kier alpha value is -2.86. The van der Waals surface area contributed by atoms with Crippen LogP contribution in [-0.4, -0.2) is 24.2 Å². The molecule has 6 heteroatoms. The van der Waals surface area contributed by atoms with Crippen LogP contribution >= 0.6 is 11.3 Å². The summed E-state index contributed by atoms with van der Waals surface area (Å²) in [7, 11) is 0. The van der Waals surface area contributed by atoms with E-state index in [2.05, 4.69) is 39.9 Å². The first kappa shape index (κ1) is 18.5. The number of nitrogens with one attached hydrogen (secondary N) is 1. The van der Waals surface area contributed by atoms with E-state index in [0.29, 0.717) is 19.4 Å². The molecule has 1 aliphatic rings. The van der Waals surface area contributed by atoms with E-state index in [1.54, 1.807) is 11.3 Å². The number of fused-ring (bicyclic) bond motifs is 1. The molecule has 28 heavy (non-hydrogen) atoms. The standard InChI is InChI=1S/C22H22N2O3S/c1-15-24-19(13-28-15)18-6-2-16(3-7-18)10-11-23-22(25)9-5-17-4-8-20-21(12-17)27-14-26-20/h2-4,6-8,12-13H,5,9-11,14H2,1H3,(H,23,25). The fourth-order valence-corrected chi connectivity index (χ4v) is 3.75. The van der Waals surface area contributed by atoms with Gasteiger partial charge >= 0.3 is 0 Å². The lowest BCUT2D eigenvalue weighted by molar-refractivity contribution is -0.121. The van der Waals surface area contributed by atoms with Gasteiger partial charge in [0, 0.05) is 23.9 Å². The highest BCUT2D eigenvalue weighted by Gasteiger charge is 2.13. The number of ether oxygens (including phenoxy) is 2. The second kappa shape index (κ2) is 8.44. The second-order valence-corrected chi connectivity index (χ2v) is 7.80. The Morgan fingerprint density at radius 2 is 1.86 bits per heavy atom. The Kier molecular flexibility index (Phi) is 5.58. The predicted octanol–water partition coefficient (Wildman–Crippen LogP) is 4.14. The molecule has 0 bridgehead atoms. The Labute approximate surface area is 168 Å². The molecule has 4 rings (SSSR count). The van der Waals surface area contributed by atoms with Crippen LogP contribution in [-0.2, 0) is 17.6 Å². The summed E-state index contributed by atoms with van der Waals surface area (Å²) < 4.78 is 10.7. The van der Waals surface area contributed by atoms with Gasteiger partial charge in [-0.05, 0) is 43.0 Å². The van der Waals surface area contributed by atoms with E-state index in [0.717, 1.165) is 39.7 Å². The van der Waals surface area contributed by atoms with E-state index in [-0.39, 0.29) is 12.7 Å². The van der Waals surface area contributed by atoms with Crippen LogP contribution in [0.5, 0.6) is 11.5 Å². The van der Waals surface area contributed by atoms with Gasteiger partial charge in [0.1, 0.15) is 0 Å². The molecule has 1 aromatic heterocycles. The zero-order valence-corrected chi connectivity index (χ0v) is 16.6. The van der Waals surface area contributed by atoms with Crippen LogP contribution in [0.4, 0.5) is 0 Å². The number of benzene rings is 2. The molecule has 2 heterocycles. The second-order valence-electron chi connectivity index (χ2n) is 6.74. The number of rotatable bonds is 7. The van der Waals surface area contributed by atoms with Gasteiger partial charge in [-0.3, -0.25) is 4.79 Å². The van der Waals surface area contributed by atoms with Crippen LogP contribution in [0.3, 0.4) is 0 Å². The summed E-state index contributed by atoms with van der Waals surface area (Å²) in [6.07, 6.45) is 1.96. The third kappa shape index (κ3) is 4.51. The van der Waals surface area contributed by atoms with Gasteiger partial charge in [-0.15, -0.1) is 11.3 Å². The van der Waals surface area contributed by atoms with Crippen molar-refractivity contribution in [1.82, 2.24) is 10.3 Å². The van der Waals surface area contributed by atoms with Crippen molar-refractivity contribution in [2.24, 2.45) is 0 Å². The van der Waals surface area contributed by atoms with Gasteiger partial charge in [0.2, 0.25) is 12.7 Å². The highest BCUT2D eigenvalue weighted by atomic mass is 32.1. The van der Waals surface area contributed by atoms with Crippen LogP contribution in [0.25, 0.3) is 11.3 Å². The Morgan fingerprint density at radius 3 is 2.64 bits per heavy atom. The predicted molar refractivity (Wildman–Crippen MR) is 110 cm³/mol. The number of thiazole rings is 1. The summed E-state index contributed by atoms with van der Waals surface area (Å²) in [5, 5.41) is 6.14. The van der Waals surface area contributed by atoms with E-state index in [1.807, 2.05) is 25.1 Å². The van der Waals surface area contributed by atoms with E-state index in [4.69, 9.17) is 9.47 Å². The normalized spacial score (nSPS) is 12.2. The Morgan fingerprint density at radius 1 is 1.07 bits per heavy atom. The molecule has 0 fully saturated rings. The molecule has 0 radical (unpaired) electrons. The maximum Gasteiger partial charge on any atom is 0.231 e. The monoisotopic (exact) mass is 394 g/mol. The van der Waals surface area contributed by atoms with Crippen molar-refractivity contribution in [3.05, 3.63) is 64.0 Å². The zero-order chi connectivity index (χ0) is 19.3. The minimum atomic E-state index is 0.0623. The number of aromatic nitrogens is 1. The quantitative estimate of drug-likeness (QED) is 0.654. The summed E-state index contributed by atoms with van der Waals surface area (Å²) in [6.45, 7) is 2.91. The summed E-state index contributed by atoms with van der Waals surface area (Å²) in [4.78, 5) is 16.6. The van der Waals surface area contributed by atoms with Gasteiger partial charge in [-0.1, -0.05) is 30.3 Å². The van der Waals surface area contributed by atoms with E-state index < -0.39 is 0 Å². The Balaban J connectivity index is 1.21. The summed E-state index contributed by atoms with van der Waals surface area (Å²) in [5.74, 6) is 1.59. The first-order chi connectivity index (χ1) is 13.7. The molecular weight excluding hydrogens is 372 g/mol. The maximum atomic E-state index is 12.1. The lowest BCUT2D eigenvalue weighted by Crippen LogP contribution is -2.25. The van der Waals surface area contributed by atoms with Gasteiger partial charge in [0.05, 0.1) is 10.7 Å². The molecule has 0 saturated carbocycles. The third-order valence-corrected chi connectivity index (χ3v) is 5.46. The first-order valence-corrected chi connectivity index (χ1v) is 10.2. The van der Waals surface area contributed by atoms with Crippen molar-refractivity contribution < 1.29 is 14.3 Å². The van der Waals surface area contributed by atoms with Gasteiger partial charge in [0.15, 0.2) is 11.5 Å². The van der Waals surface area contributed by atoms with Crippen molar-refractivity contribution in [1.29, 1.82) is 0 Å². The lowest BCUT2D eigenvalue weighted by atomic mass is 10.1. The van der Waals surface area contributed by atoms with Crippen molar-refractivity contribution in [2.45, 2.75) is 26.2 Å². The SMILES string of the molecule is Cc1nc(-c2ccc(CCNC(=O)CCc3ccc4c(c3)OCO4)cc2)cs1. The molecule has 1 amide bonds. The molecule has 144 valence electrons. The Bertz CT molecular complexity index is 966. The maximum absolute atomic E-state index is 12.1. The number of hydrogen-bond donors (Lipinski definition) is 1. The average Bonchev–Trinajstić information content (AvgIpc) is 3.35. The molecular formula is C22H22N2O3S. The van der Waals surface area contributed by atoms with Crippen molar-refractivity contribution >= 4 is 17.2 Å². The molecule has 1 N–H and O–H groups in total. The fourth-order valence-electron chi connectivity index (χ4n) is 3.13. The van der Waals surface area contributed by atoms with Crippen LogP contribution < -0.4 is 14.8 Å². The molecule has 0 saturated heterocycles. The summed E-state index contributed by atoms with van der Waals surface area (Å²) in [6, 6.07) is 14.2. The highest BCUT2D eigenvalue weighted by Crippen LogP contribution is 2.32. The van der Waals surface area contributed by atoms with Crippen LogP contribution in [0, 0.1) is 6.92 Å². The summed E-state index contributed by atoms with van der Waals surface area (Å²) >= 11 is 1.66. The highest BCUT2D eigenvalue weighted by molar-refractivity contribution is 7.09. The number of nitrogens with zero attached hydrogens (tertiary/aromatic N) is 1. The van der Waals surface area contributed by atoms with E-state index >= 15 is 0 Å². The first-order valence-electron chi connectivity index (χ1n) is 9.34. The third-order valence-electron chi connectivity index (χ3n) is 4.68. The lowest BCUT2D eigenvalue weighted by Gasteiger charge is -2.07. The molecule has 0 spiro atoms. The van der Waals surface area contributed by atoms with Gasteiger partial charge < -0.3 is 14.8 Å². The minimum Gasteiger partial charge on any atom is -0.454 e. The smallest absolute Gasteiger partial charge is 0.231 e. The fraction of sp³-hybridized carbons (Fsp3) is 0.273. The van der Waals surface area contributed by atoms with Crippen molar-refractivity contribution in [3.63, 3.8) is 0 Å². The zero-order valence-electron chi connectivity index (χ0n) is 15.7. The van der Waals surface area contributed by atoms with Crippen molar-refractivity contribution in [3.8, 4) is 22.8 Å². The van der Waals surface area contributed by atoms with E-state index in [9.17, 15) is 4.79 Å². The number of carbonyl (C=O) groups is 1. The molecule has 0 atom stereocenters. The number of aryl methyl sites for hydroxylation is 2. The topological polar surface area (TPSA) is 60.5 Å². The largest absolute Gasteiger partial charge is 0.454 e. The molecule has 1 aliphatic heterocycles. The number of hydrogen-bond acceptors (Lipinski definition) is 5. The van der Waals surface area contributed by atoms with Gasteiger partial charge in [-0.25, -0.2) is 4.98 Å². The minimum absolute atomic E-state index is 0.0623. The molecule has 0 unspecified atom stereocenters. The average molecular weight is 394 g/mol. The molecule has 0 aliphatic carbocycles. The number of carbonyl (C=O) groups excluding carboxylic acids is 1. The van der Waals surface area contributed by atoms with Crippen LogP contribution in [0.1, 0.15) is 22.6 Å². The molecule has 3 aromatic rings. The molecule has 2 aromatic carbocycles. The van der Waals surface area contributed by atoms with Crippen molar-refractivity contribution in [2.75, 3.05) is 13.3 Å². The van der Waals surface area contributed by atoms with Crippen LogP contribution in [0.15, 0.2) is 47.8 Å².